The maximum Gasteiger partial charge on any atom is 0.261 e. The molecule has 25 heavy (non-hydrogen) atoms. The molecule has 2 rings (SSSR count). The smallest absolute Gasteiger partial charge is 0.261 e. The second-order valence-electron chi connectivity index (χ2n) is 5.29. The number of hydrogen-bond acceptors (Lipinski definition) is 3. The van der Waals surface area contributed by atoms with Gasteiger partial charge in [-0.1, -0.05) is 42.5 Å². The lowest BCUT2D eigenvalue weighted by atomic mass is 10.1. The fraction of sp³-hybridized carbons (Fsp3) is 0.105. The van der Waals surface area contributed by atoms with Gasteiger partial charge in [-0.25, -0.2) is 8.42 Å². The molecule has 0 heterocycles. The van der Waals surface area contributed by atoms with E-state index in [0.717, 1.165) is 0 Å². The molecule has 5 nitrogen and oxygen atoms in total. The van der Waals surface area contributed by atoms with Crippen molar-refractivity contribution < 1.29 is 13.2 Å². The minimum absolute atomic E-state index is 0.134. The highest BCUT2D eigenvalue weighted by Crippen LogP contribution is 2.20. The third kappa shape index (κ3) is 5.06. The Kier molecular flexibility index (Phi) is 6.14. The number of sulfonamides is 1. The predicted octanol–water partition coefficient (Wildman–Crippen LogP) is 3.70. The molecule has 6 heteroatoms. The zero-order valence-corrected chi connectivity index (χ0v) is 14.9. The van der Waals surface area contributed by atoms with Crippen LogP contribution in [0.15, 0.2) is 83.4 Å². The Morgan fingerprint density at radius 1 is 1.00 bits per heavy atom. The van der Waals surface area contributed by atoms with Crippen LogP contribution < -0.4 is 10.0 Å². The molecule has 0 aliphatic heterocycles. The lowest BCUT2D eigenvalue weighted by Crippen LogP contribution is -2.23. The quantitative estimate of drug-likeness (QED) is 0.775. The highest BCUT2D eigenvalue weighted by molar-refractivity contribution is 7.92. The van der Waals surface area contributed by atoms with Crippen molar-refractivity contribution in [1.82, 2.24) is 5.32 Å². The van der Waals surface area contributed by atoms with Gasteiger partial charge in [-0.2, -0.15) is 0 Å². The van der Waals surface area contributed by atoms with E-state index in [2.05, 4.69) is 10.0 Å². The molecule has 0 atom stereocenters. The fourth-order valence-corrected chi connectivity index (χ4v) is 3.20. The molecule has 2 N–H and O–H groups in total. The Morgan fingerprint density at radius 2 is 1.64 bits per heavy atom. The van der Waals surface area contributed by atoms with Gasteiger partial charge in [0.15, 0.2) is 0 Å². The van der Waals surface area contributed by atoms with E-state index in [1.54, 1.807) is 61.5 Å². The van der Waals surface area contributed by atoms with Crippen LogP contribution in [0.1, 0.15) is 24.2 Å². The van der Waals surface area contributed by atoms with Gasteiger partial charge in [-0.05, 0) is 44.2 Å². The van der Waals surface area contributed by atoms with Crippen molar-refractivity contribution in [2.24, 2.45) is 0 Å². The lowest BCUT2D eigenvalue weighted by molar-refractivity contribution is 0.0967. The molecule has 0 aromatic heterocycles. The molecule has 0 aliphatic rings. The summed E-state index contributed by atoms with van der Waals surface area (Å²) in [5.41, 5.74) is 1.13. The zero-order chi connectivity index (χ0) is 18.3. The molecule has 0 bridgehead atoms. The van der Waals surface area contributed by atoms with Crippen LogP contribution in [-0.4, -0.2) is 14.3 Å². The number of anilines is 1. The minimum Gasteiger partial charge on any atom is -0.326 e. The monoisotopic (exact) mass is 356 g/mol. The Hall–Kier alpha value is -2.86. The molecule has 0 radical (unpaired) electrons. The van der Waals surface area contributed by atoms with Gasteiger partial charge in [0, 0.05) is 5.70 Å². The van der Waals surface area contributed by atoms with Crippen LogP contribution >= 0.6 is 0 Å². The Labute approximate surface area is 148 Å². The molecule has 0 saturated heterocycles. The number of rotatable bonds is 6. The summed E-state index contributed by atoms with van der Waals surface area (Å²) in [6.07, 6.45) is 5.41. The van der Waals surface area contributed by atoms with E-state index in [-0.39, 0.29) is 22.1 Å². The van der Waals surface area contributed by atoms with Crippen molar-refractivity contribution in [3.8, 4) is 0 Å². The van der Waals surface area contributed by atoms with Crippen molar-refractivity contribution in [3.05, 3.63) is 84.1 Å². The highest BCUT2D eigenvalue weighted by atomic mass is 32.2. The molecule has 0 saturated carbocycles. The number of carbonyl (C=O) groups excluding carboxylic acids is 1. The molecular weight excluding hydrogens is 336 g/mol. The molecule has 0 fully saturated rings. The molecular formula is C19H20N2O3S. The van der Waals surface area contributed by atoms with Gasteiger partial charge in [0.05, 0.1) is 16.1 Å². The topological polar surface area (TPSA) is 75.3 Å². The summed E-state index contributed by atoms with van der Waals surface area (Å²) in [6.45, 7) is 3.63. The molecule has 2 aromatic carbocycles. The van der Waals surface area contributed by atoms with Crippen LogP contribution in [0.3, 0.4) is 0 Å². The van der Waals surface area contributed by atoms with Crippen LogP contribution in [0.2, 0.25) is 0 Å². The normalized spacial score (nSPS) is 12.2. The van der Waals surface area contributed by atoms with Gasteiger partial charge < -0.3 is 5.32 Å². The summed E-state index contributed by atoms with van der Waals surface area (Å²) in [7, 11) is -3.77. The Morgan fingerprint density at radius 3 is 2.32 bits per heavy atom. The number of para-hydroxylation sites is 1. The van der Waals surface area contributed by atoms with E-state index in [0.29, 0.717) is 5.70 Å². The first kappa shape index (κ1) is 18.5. The average Bonchev–Trinajstić information content (AvgIpc) is 2.60. The van der Waals surface area contributed by atoms with E-state index < -0.39 is 10.0 Å². The predicted molar refractivity (Wildman–Crippen MR) is 99.7 cm³/mol. The van der Waals surface area contributed by atoms with Crippen LogP contribution in [0.25, 0.3) is 0 Å². The first-order valence-corrected chi connectivity index (χ1v) is 9.20. The Bertz CT molecular complexity index is 901. The van der Waals surface area contributed by atoms with Crippen molar-refractivity contribution in [2.45, 2.75) is 18.7 Å². The van der Waals surface area contributed by atoms with Gasteiger partial charge in [0.25, 0.3) is 15.9 Å². The van der Waals surface area contributed by atoms with Gasteiger partial charge in [0.2, 0.25) is 0 Å². The van der Waals surface area contributed by atoms with Crippen molar-refractivity contribution in [1.29, 1.82) is 0 Å². The van der Waals surface area contributed by atoms with Crippen LogP contribution in [0, 0.1) is 0 Å². The third-order valence-electron chi connectivity index (χ3n) is 3.32. The molecule has 0 spiro atoms. The van der Waals surface area contributed by atoms with Gasteiger partial charge in [-0.15, -0.1) is 0 Å². The summed E-state index contributed by atoms with van der Waals surface area (Å²) < 4.78 is 27.4. The van der Waals surface area contributed by atoms with Crippen molar-refractivity contribution >= 4 is 21.6 Å². The summed E-state index contributed by atoms with van der Waals surface area (Å²) >= 11 is 0. The Balaban J connectivity index is 2.28. The standard InChI is InChI=1S/C19H20N2O3S/c1-3-4-10-15(2)20-19(22)17-13-8-9-14-18(17)21-25(23,24)16-11-6-5-7-12-16/h3-14,21H,1-2H3,(H,20,22)/b4-3-,15-10+. The number of nitrogens with one attached hydrogen (secondary N) is 2. The maximum atomic E-state index is 12.5. The van der Waals surface area contributed by atoms with E-state index in [1.165, 1.54) is 12.1 Å². The second kappa shape index (κ2) is 8.30. The van der Waals surface area contributed by atoms with Gasteiger partial charge >= 0.3 is 0 Å². The van der Waals surface area contributed by atoms with E-state index >= 15 is 0 Å². The van der Waals surface area contributed by atoms with Gasteiger partial charge in [-0.3, -0.25) is 9.52 Å². The number of allylic oxidation sites excluding steroid dienone is 4. The van der Waals surface area contributed by atoms with Crippen LogP contribution in [0.5, 0.6) is 0 Å². The number of benzene rings is 2. The third-order valence-corrected chi connectivity index (χ3v) is 4.70. The maximum absolute atomic E-state index is 12.5. The van der Waals surface area contributed by atoms with Crippen LogP contribution in [0.4, 0.5) is 5.69 Å². The number of hydrogen-bond donors (Lipinski definition) is 2. The highest BCUT2D eigenvalue weighted by Gasteiger charge is 2.18. The minimum atomic E-state index is -3.77. The molecule has 130 valence electrons. The first-order chi connectivity index (χ1) is 11.9. The van der Waals surface area contributed by atoms with Gasteiger partial charge in [0.1, 0.15) is 0 Å². The number of carbonyl (C=O) groups is 1. The summed E-state index contributed by atoms with van der Waals surface area (Å²) in [5, 5.41) is 2.73. The fourth-order valence-electron chi connectivity index (χ4n) is 2.10. The number of amides is 1. The lowest BCUT2D eigenvalue weighted by Gasteiger charge is -2.13. The summed E-state index contributed by atoms with van der Waals surface area (Å²) in [5.74, 6) is -0.385. The van der Waals surface area contributed by atoms with E-state index in [1.807, 2.05) is 13.0 Å². The molecule has 0 unspecified atom stereocenters. The summed E-state index contributed by atoms with van der Waals surface area (Å²) in [6, 6.07) is 14.5. The zero-order valence-electron chi connectivity index (χ0n) is 14.1. The molecule has 2 aromatic rings. The average molecular weight is 356 g/mol. The van der Waals surface area contributed by atoms with Crippen molar-refractivity contribution in [2.75, 3.05) is 4.72 Å². The SMILES string of the molecule is C/C=C\C=C(/C)NC(=O)c1ccccc1NS(=O)(=O)c1ccccc1. The second-order valence-corrected chi connectivity index (χ2v) is 6.98. The van der Waals surface area contributed by atoms with Crippen LogP contribution in [-0.2, 0) is 10.0 Å². The van der Waals surface area contributed by atoms with Crippen molar-refractivity contribution in [3.63, 3.8) is 0 Å². The van der Waals surface area contributed by atoms with E-state index in [9.17, 15) is 13.2 Å². The van der Waals surface area contributed by atoms with E-state index in [4.69, 9.17) is 0 Å². The first-order valence-electron chi connectivity index (χ1n) is 7.72. The molecule has 0 aliphatic carbocycles. The summed E-state index contributed by atoms with van der Waals surface area (Å²) in [4.78, 5) is 12.6. The molecule has 1 amide bonds. The largest absolute Gasteiger partial charge is 0.326 e.